The van der Waals surface area contributed by atoms with Crippen LogP contribution in [0.2, 0.25) is 0 Å². The number of nitrogens with zero attached hydrogens (tertiary/aromatic N) is 3. The molecule has 128 valence electrons. The molecule has 3 rings (SSSR count). The second-order valence-corrected chi connectivity index (χ2v) is 7.26. The van der Waals surface area contributed by atoms with Crippen LogP contribution in [0.1, 0.15) is 44.1 Å². The number of pyridine rings is 1. The molecule has 0 amide bonds. The van der Waals surface area contributed by atoms with Gasteiger partial charge in [-0.15, -0.1) is 0 Å². The zero-order chi connectivity index (χ0) is 15.9. The number of piperazine rings is 1. The van der Waals surface area contributed by atoms with Gasteiger partial charge >= 0.3 is 0 Å². The van der Waals surface area contributed by atoms with Crippen LogP contribution in [0.5, 0.6) is 0 Å². The molecule has 1 aromatic rings. The van der Waals surface area contributed by atoms with Gasteiger partial charge in [-0.25, -0.2) is 0 Å². The molecule has 1 aliphatic carbocycles. The number of aliphatic hydroxyl groups excluding tert-OH is 1. The zero-order valence-electron chi connectivity index (χ0n) is 14.2. The molecule has 2 heterocycles. The lowest BCUT2D eigenvalue weighted by atomic mass is 9.88. The van der Waals surface area contributed by atoms with Gasteiger partial charge in [0.05, 0.1) is 0 Å². The van der Waals surface area contributed by atoms with Crippen LogP contribution < -0.4 is 0 Å². The largest absolute Gasteiger partial charge is 0.396 e. The first-order chi connectivity index (χ1) is 11.3. The lowest BCUT2D eigenvalue weighted by Gasteiger charge is -2.43. The molecular weight excluding hydrogens is 286 g/mol. The third-order valence-electron chi connectivity index (χ3n) is 5.52. The Kier molecular flexibility index (Phi) is 6.43. The molecule has 2 fully saturated rings. The molecule has 0 aromatic carbocycles. The Hall–Kier alpha value is -0.970. The monoisotopic (exact) mass is 317 g/mol. The molecule has 1 aliphatic heterocycles. The number of rotatable bonds is 6. The SMILES string of the molecule is OCCC1CN(Cc2ccncc2)CCN1CC1CCCCC1. The van der Waals surface area contributed by atoms with Gasteiger partial charge in [0, 0.05) is 57.8 Å². The topological polar surface area (TPSA) is 39.6 Å². The van der Waals surface area contributed by atoms with E-state index in [0.717, 1.165) is 38.5 Å². The highest BCUT2D eigenvalue weighted by Crippen LogP contribution is 2.26. The molecule has 1 aromatic heterocycles. The van der Waals surface area contributed by atoms with Crippen molar-refractivity contribution in [1.29, 1.82) is 0 Å². The Morgan fingerprint density at radius 2 is 1.87 bits per heavy atom. The maximum atomic E-state index is 9.46. The van der Waals surface area contributed by atoms with Gasteiger partial charge < -0.3 is 5.11 Å². The molecule has 23 heavy (non-hydrogen) atoms. The fraction of sp³-hybridized carbons (Fsp3) is 0.737. The van der Waals surface area contributed by atoms with Crippen LogP contribution in [0.4, 0.5) is 0 Å². The van der Waals surface area contributed by atoms with Crippen LogP contribution in [0.25, 0.3) is 0 Å². The molecule has 1 N–H and O–H groups in total. The van der Waals surface area contributed by atoms with E-state index in [2.05, 4.69) is 26.9 Å². The Balaban J connectivity index is 1.54. The van der Waals surface area contributed by atoms with E-state index in [4.69, 9.17) is 0 Å². The molecule has 1 atom stereocenters. The summed E-state index contributed by atoms with van der Waals surface area (Å²) in [6.07, 6.45) is 11.7. The second kappa shape index (κ2) is 8.76. The quantitative estimate of drug-likeness (QED) is 0.875. The molecule has 0 bridgehead atoms. The van der Waals surface area contributed by atoms with E-state index in [0.29, 0.717) is 12.6 Å². The smallest absolute Gasteiger partial charge is 0.0446 e. The van der Waals surface area contributed by atoms with Crippen LogP contribution >= 0.6 is 0 Å². The summed E-state index contributed by atoms with van der Waals surface area (Å²) in [6, 6.07) is 4.72. The molecule has 4 nitrogen and oxygen atoms in total. The predicted molar refractivity (Wildman–Crippen MR) is 93.2 cm³/mol. The van der Waals surface area contributed by atoms with Crippen molar-refractivity contribution in [3.8, 4) is 0 Å². The average molecular weight is 317 g/mol. The van der Waals surface area contributed by atoms with Crippen molar-refractivity contribution in [2.75, 3.05) is 32.8 Å². The van der Waals surface area contributed by atoms with Gasteiger partial charge in [-0.05, 0) is 42.9 Å². The zero-order valence-corrected chi connectivity index (χ0v) is 14.2. The summed E-state index contributed by atoms with van der Waals surface area (Å²) in [7, 11) is 0. The fourth-order valence-electron chi connectivity index (χ4n) is 4.21. The van der Waals surface area contributed by atoms with Gasteiger partial charge in [-0.3, -0.25) is 14.8 Å². The first-order valence-corrected chi connectivity index (χ1v) is 9.31. The van der Waals surface area contributed by atoms with E-state index in [1.54, 1.807) is 0 Å². The van der Waals surface area contributed by atoms with Crippen molar-refractivity contribution in [2.24, 2.45) is 5.92 Å². The Bertz CT molecular complexity index is 447. The van der Waals surface area contributed by atoms with Crippen LogP contribution in [-0.4, -0.2) is 58.7 Å². The highest BCUT2D eigenvalue weighted by atomic mass is 16.3. The minimum atomic E-state index is 0.301. The summed E-state index contributed by atoms with van der Waals surface area (Å²) in [5.41, 5.74) is 1.34. The third-order valence-corrected chi connectivity index (χ3v) is 5.52. The maximum absolute atomic E-state index is 9.46. The van der Waals surface area contributed by atoms with E-state index in [1.807, 2.05) is 12.4 Å². The molecule has 2 aliphatic rings. The third kappa shape index (κ3) is 5.00. The van der Waals surface area contributed by atoms with E-state index >= 15 is 0 Å². The second-order valence-electron chi connectivity index (χ2n) is 7.26. The standard InChI is InChI=1S/C19H31N3O/c23-13-8-19-16-21(14-18-6-9-20-10-7-18)11-12-22(19)15-17-4-2-1-3-5-17/h6-7,9-10,17,19,23H,1-5,8,11-16H2. The first kappa shape index (κ1) is 16.9. The maximum Gasteiger partial charge on any atom is 0.0446 e. The summed E-state index contributed by atoms with van der Waals surface area (Å²) >= 11 is 0. The number of hydrogen-bond donors (Lipinski definition) is 1. The van der Waals surface area contributed by atoms with E-state index in [9.17, 15) is 5.11 Å². The molecule has 4 heteroatoms. The molecule has 0 radical (unpaired) electrons. The van der Waals surface area contributed by atoms with Gasteiger partial charge in [0.1, 0.15) is 0 Å². The minimum Gasteiger partial charge on any atom is -0.396 e. The summed E-state index contributed by atoms with van der Waals surface area (Å²) in [5, 5.41) is 9.46. The van der Waals surface area contributed by atoms with Crippen molar-refractivity contribution in [2.45, 2.75) is 51.1 Å². The lowest BCUT2D eigenvalue weighted by molar-refractivity contribution is 0.0400. The van der Waals surface area contributed by atoms with Crippen molar-refractivity contribution in [3.05, 3.63) is 30.1 Å². The number of hydrogen-bond acceptors (Lipinski definition) is 4. The number of aliphatic hydroxyl groups is 1. The van der Waals surface area contributed by atoms with Crippen molar-refractivity contribution in [1.82, 2.24) is 14.8 Å². The van der Waals surface area contributed by atoms with E-state index in [1.165, 1.54) is 44.2 Å². The highest BCUT2D eigenvalue weighted by molar-refractivity contribution is 5.09. The Morgan fingerprint density at radius 1 is 1.09 bits per heavy atom. The average Bonchev–Trinajstić information content (AvgIpc) is 2.59. The van der Waals surface area contributed by atoms with Gasteiger partial charge in [-0.1, -0.05) is 19.3 Å². The van der Waals surface area contributed by atoms with E-state index in [-0.39, 0.29) is 0 Å². The van der Waals surface area contributed by atoms with Gasteiger partial charge in [-0.2, -0.15) is 0 Å². The number of aromatic nitrogens is 1. The first-order valence-electron chi connectivity index (χ1n) is 9.31. The summed E-state index contributed by atoms with van der Waals surface area (Å²) < 4.78 is 0. The molecule has 1 saturated heterocycles. The van der Waals surface area contributed by atoms with Crippen LogP contribution in [0, 0.1) is 5.92 Å². The normalized spacial score (nSPS) is 24.8. The minimum absolute atomic E-state index is 0.301. The van der Waals surface area contributed by atoms with Gasteiger partial charge in [0.15, 0.2) is 0 Å². The van der Waals surface area contributed by atoms with Crippen molar-refractivity contribution < 1.29 is 5.11 Å². The van der Waals surface area contributed by atoms with Crippen molar-refractivity contribution in [3.63, 3.8) is 0 Å². The highest BCUT2D eigenvalue weighted by Gasteiger charge is 2.28. The van der Waals surface area contributed by atoms with Crippen LogP contribution in [0.15, 0.2) is 24.5 Å². The lowest BCUT2D eigenvalue weighted by Crippen LogP contribution is -2.54. The van der Waals surface area contributed by atoms with Gasteiger partial charge in [0.25, 0.3) is 0 Å². The van der Waals surface area contributed by atoms with E-state index < -0.39 is 0 Å². The Labute approximate surface area is 140 Å². The predicted octanol–water partition coefficient (Wildman–Crippen LogP) is 2.53. The fourth-order valence-corrected chi connectivity index (χ4v) is 4.21. The van der Waals surface area contributed by atoms with Gasteiger partial charge in [0.2, 0.25) is 0 Å². The summed E-state index contributed by atoms with van der Waals surface area (Å²) in [5.74, 6) is 0.886. The molecule has 1 unspecified atom stereocenters. The Morgan fingerprint density at radius 3 is 2.61 bits per heavy atom. The molecular formula is C19H31N3O. The summed E-state index contributed by atoms with van der Waals surface area (Å²) in [4.78, 5) is 9.30. The van der Waals surface area contributed by atoms with Crippen LogP contribution in [-0.2, 0) is 6.54 Å². The van der Waals surface area contributed by atoms with Crippen LogP contribution in [0.3, 0.4) is 0 Å². The molecule has 1 saturated carbocycles. The summed E-state index contributed by atoms with van der Waals surface area (Å²) in [6.45, 7) is 5.91. The van der Waals surface area contributed by atoms with Crippen molar-refractivity contribution >= 4 is 0 Å². The molecule has 0 spiro atoms.